The minimum absolute atomic E-state index is 0.246. The van der Waals surface area contributed by atoms with Crippen LogP contribution in [0.2, 0.25) is 0 Å². The number of hydrogen-bond donors (Lipinski definition) is 1. The van der Waals surface area contributed by atoms with Crippen molar-refractivity contribution >= 4 is 5.69 Å². The quantitative estimate of drug-likeness (QED) is 0.814. The van der Waals surface area contributed by atoms with E-state index in [1.807, 2.05) is 6.07 Å². The summed E-state index contributed by atoms with van der Waals surface area (Å²) >= 11 is 0. The van der Waals surface area contributed by atoms with Gasteiger partial charge in [0, 0.05) is 12.6 Å². The molecule has 2 nitrogen and oxygen atoms in total. The molecule has 0 aromatic heterocycles. The van der Waals surface area contributed by atoms with Crippen molar-refractivity contribution < 1.29 is 4.39 Å². The first kappa shape index (κ1) is 12.0. The maximum atomic E-state index is 13.4. The van der Waals surface area contributed by atoms with Crippen molar-refractivity contribution in [3.63, 3.8) is 0 Å². The van der Waals surface area contributed by atoms with Crippen LogP contribution in [-0.4, -0.2) is 17.5 Å². The molecule has 0 bridgehead atoms. The molecular weight excluding hydrogens is 227 g/mol. The normalized spacial score (nSPS) is 28.3. The summed E-state index contributed by atoms with van der Waals surface area (Å²) in [6, 6.07) is 5.96. The first-order valence-corrected chi connectivity index (χ1v) is 7.02. The number of rotatable bonds is 2. The van der Waals surface area contributed by atoms with Crippen molar-refractivity contribution in [2.75, 3.05) is 12.3 Å². The molecule has 2 aliphatic rings. The lowest BCUT2D eigenvalue weighted by Crippen LogP contribution is -2.34. The number of fused-ring (bicyclic) bond motifs is 1. The molecule has 3 rings (SSSR count). The average Bonchev–Trinajstić information content (AvgIpc) is 2.78. The minimum atomic E-state index is -0.285. The van der Waals surface area contributed by atoms with Crippen molar-refractivity contribution in [1.29, 1.82) is 0 Å². The fourth-order valence-corrected chi connectivity index (χ4v) is 3.60. The molecule has 2 N–H and O–H groups in total. The zero-order chi connectivity index (χ0) is 12.5. The molecule has 0 spiro atoms. The molecule has 98 valence electrons. The molecule has 1 aromatic rings. The van der Waals surface area contributed by atoms with Gasteiger partial charge in [0.15, 0.2) is 0 Å². The van der Waals surface area contributed by atoms with Gasteiger partial charge in [-0.05, 0) is 49.4 Å². The Labute approximate surface area is 108 Å². The van der Waals surface area contributed by atoms with E-state index in [0.29, 0.717) is 0 Å². The highest BCUT2D eigenvalue weighted by Gasteiger charge is 2.35. The summed E-state index contributed by atoms with van der Waals surface area (Å²) in [4.78, 5) is 2.54. The topological polar surface area (TPSA) is 29.3 Å². The third kappa shape index (κ3) is 2.24. The van der Waals surface area contributed by atoms with E-state index in [2.05, 4.69) is 4.90 Å². The van der Waals surface area contributed by atoms with E-state index in [4.69, 9.17) is 5.73 Å². The number of nitrogen functional groups attached to an aromatic ring is 1. The molecule has 2 unspecified atom stereocenters. The third-order valence-corrected chi connectivity index (χ3v) is 4.58. The van der Waals surface area contributed by atoms with E-state index < -0.39 is 0 Å². The summed E-state index contributed by atoms with van der Waals surface area (Å²) in [5.41, 5.74) is 6.81. The SMILES string of the molecule is Nc1ccc(CN2CCC3CCCCC32)cc1F. The van der Waals surface area contributed by atoms with E-state index >= 15 is 0 Å². The van der Waals surface area contributed by atoms with Gasteiger partial charge in [0.25, 0.3) is 0 Å². The summed E-state index contributed by atoms with van der Waals surface area (Å²) in [6.45, 7) is 2.04. The molecule has 1 aliphatic carbocycles. The van der Waals surface area contributed by atoms with Gasteiger partial charge < -0.3 is 5.73 Å². The van der Waals surface area contributed by atoms with E-state index in [-0.39, 0.29) is 11.5 Å². The van der Waals surface area contributed by atoms with Crippen LogP contribution in [0.1, 0.15) is 37.7 Å². The Morgan fingerprint density at radius 2 is 2.06 bits per heavy atom. The molecule has 0 radical (unpaired) electrons. The second-order valence-electron chi connectivity index (χ2n) is 5.73. The Hall–Kier alpha value is -1.09. The number of benzene rings is 1. The molecule has 0 amide bonds. The van der Waals surface area contributed by atoms with Gasteiger partial charge in [-0.15, -0.1) is 0 Å². The van der Waals surface area contributed by atoms with Crippen LogP contribution in [0.5, 0.6) is 0 Å². The molecule has 1 aliphatic heterocycles. The number of hydrogen-bond acceptors (Lipinski definition) is 2. The number of likely N-dealkylation sites (tertiary alicyclic amines) is 1. The van der Waals surface area contributed by atoms with Crippen molar-refractivity contribution in [1.82, 2.24) is 4.90 Å². The summed E-state index contributed by atoms with van der Waals surface area (Å²) in [6.07, 6.45) is 6.78. The minimum Gasteiger partial charge on any atom is -0.396 e. The van der Waals surface area contributed by atoms with Crippen LogP contribution in [0.15, 0.2) is 18.2 Å². The van der Waals surface area contributed by atoms with E-state index in [1.165, 1.54) is 38.6 Å². The Bertz CT molecular complexity index is 433. The van der Waals surface area contributed by atoms with Crippen molar-refractivity contribution in [2.24, 2.45) is 5.92 Å². The number of nitrogens with two attached hydrogens (primary N) is 1. The second-order valence-corrected chi connectivity index (χ2v) is 5.73. The first-order chi connectivity index (χ1) is 8.74. The smallest absolute Gasteiger partial charge is 0.146 e. The van der Waals surface area contributed by atoms with Gasteiger partial charge in [-0.25, -0.2) is 4.39 Å². The van der Waals surface area contributed by atoms with E-state index in [9.17, 15) is 4.39 Å². The monoisotopic (exact) mass is 248 g/mol. The van der Waals surface area contributed by atoms with Crippen LogP contribution in [0.4, 0.5) is 10.1 Å². The molecule has 18 heavy (non-hydrogen) atoms. The highest BCUT2D eigenvalue weighted by atomic mass is 19.1. The summed E-state index contributed by atoms with van der Waals surface area (Å²) in [5.74, 6) is 0.601. The van der Waals surface area contributed by atoms with E-state index in [1.54, 1.807) is 12.1 Å². The third-order valence-electron chi connectivity index (χ3n) is 4.58. The van der Waals surface area contributed by atoms with Crippen LogP contribution < -0.4 is 5.73 Å². The van der Waals surface area contributed by atoms with Crippen molar-refractivity contribution in [2.45, 2.75) is 44.7 Å². The van der Waals surface area contributed by atoms with Crippen molar-refractivity contribution in [3.8, 4) is 0 Å². The van der Waals surface area contributed by atoms with Crippen LogP contribution in [-0.2, 0) is 6.54 Å². The molecule has 2 fully saturated rings. The average molecular weight is 248 g/mol. The molecule has 2 atom stereocenters. The summed E-state index contributed by atoms with van der Waals surface area (Å²) < 4.78 is 13.4. The first-order valence-electron chi connectivity index (χ1n) is 7.02. The molecule has 1 heterocycles. The van der Waals surface area contributed by atoms with Gasteiger partial charge in [-0.3, -0.25) is 4.90 Å². The second kappa shape index (κ2) is 4.88. The lowest BCUT2D eigenvalue weighted by molar-refractivity contribution is 0.176. The van der Waals surface area contributed by atoms with E-state index in [0.717, 1.165) is 24.1 Å². The van der Waals surface area contributed by atoms with Crippen LogP contribution in [0, 0.1) is 11.7 Å². The Morgan fingerprint density at radius 3 is 2.89 bits per heavy atom. The predicted molar refractivity (Wildman–Crippen MR) is 71.6 cm³/mol. The highest BCUT2D eigenvalue weighted by Crippen LogP contribution is 2.36. The van der Waals surface area contributed by atoms with Crippen LogP contribution in [0.3, 0.4) is 0 Å². The fraction of sp³-hybridized carbons (Fsp3) is 0.600. The number of nitrogens with zero attached hydrogens (tertiary/aromatic N) is 1. The highest BCUT2D eigenvalue weighted by molar-refractivity contribution is 5.41. The summed E-state index contributed by atoms with van der Waals surface area (Å²) in [5, 5.41) is 0. The number of halogens is 1. The summed E-state index contributed by atoms with van der Waals surface area (Å²) in [7, 11) is 0. The Balaban J connectivity index is 1.70. The molecular formula is C15H21FN2. The van der Waals surface area contributed by atoms with Gasteiger partial charge in [-0.1, -0.05) is 18.9 Å². The van der Waals surface area contributed by atoms with Crippen molar-refractivity contribution in [3.05, 3.63) is 29.6 Å². The Morgan fingerprint density at radius 1 is 1.22 bits per heavy atom. The maximum Gasteiger partial charge on any atom is 0.146 e. The van der Waals surface area contributed by atoms with Gasteiger partial charge in [0.1, 0.15) is 5.82 Å². The largest absolute Gasteiger partial charge is 0.396 e. The fourth-order valence-electron chi connectivity index (χ4n) is 3.60. The molecule has 3 heteroatoms. The molecule has 1 saturated heterocycles. The lowest BCUT2D eigenvalue weighted by Gasteiger charge is -2.31. The Kier molecular flexibility index (Phi) is 3.25. The van der Waals surface area contributed by atoms with Gasteiger partial charge in [0.2, 0.25) is 0 Å². The zero-order valence-corrected chi connectivity index (χ0v) is 10.7. The predicted octanol–water partition coefficient (Wildman–Crippen LogP) is 3.17. The lowest BCUT2D eigenvalue weighted by atomic mass is 9.85. The van der Waals surface area contributed by atoms with Gasteiger partial charge >= 0.3 is 0 Å². The molecule has 1 aromatic carbocycles. The maximum absolute atomic E-state index is 13.4. The van der Waals surface area contributed by atoms with Gasteiger partial charge in [-0.2, -0.15) is 0 Å². The number of anilines is 1. The van der Waals surface area contributed by atoms with Crippen LogP contribution in [0.25, 0.3) is 0 Å². The standard InChI is InChI=1S/C15H21FN2/c16-13-9-11(5-6-14(13)17)10-18-8-7-12-3-1-2-4-15(12)18/h5-6,9,12,15H,1-4,7-8,10,17H2. The zero-order valence-electron chi connectivity index (χ0n) is 10.7. The molecule has 1 saturated carbocycles. The van der Waals surface area contributed by atoms with Crippen LogP contribution >= 0.6 is 0 Å². The van der Waals surface area contributed by atoms with Gasteiger partial charge in [0.05, 0.1) is 5.69 Å².